The number of aliphatic hydroxyl groups is 1. The molecule has 2 unspecified atom stereocenters. The number of aromatic hydroxyl groups is 1. The van der Waals surface area contributed by atoms with Gasteiger partial charge in [0, 0.05) is 30.9 Å². The Labute approximate surface area is 242 Å². The highest BCUT2D eigenvalue weighted by atomic mass is 16.3. The summed E-state index contributed by atoms with van der Waals surface area (Å²) in [6.45, 7) is 4.37. The van der Waals surface area contributed by atoms with Gasteiger partial charge in [-0.05, 0) is 73.2 Å². The van der Waals surface area contributed by atoms with Crippen molar-refractivity contribution in [2.24, 2.45) is 0 Å². The first kappa shape index (κ1) is 29.9. The number of aromatic nitrogens is 1. The Morgan fingerprint density at radius 2 is 1.68 bits per heavy atom. The number of amides is 2. The average Bonchev–Trinajstić information content (AvgIpc) is 3.33. The lowest BCUT2D eigenvalue weighted by Crippen LogP contribution is -2.61. The number of rotatable bonds is 13. The summed E-state index contributed by atoms with van der Waals surface area (Å²) in [5.41, 5.74) is 3.08. The predicted octanol–water partition coefficient (Wildman–Crippen LogP) is 5.60. The first-order valence-corrected chi connectivity index (χ1v) is 14.4. The highest BCUT2D eigenvalue weighted by Gasteiger charge is 2.42. The predicted molar refractivity (Wildman–Crippen MR) is 164 cm³/mol. The van der Waals surface area contributed by atoms with Gasteiger partial charge in [-0.25, -0.2) is 0 Å². The van der Waals surface area contributed by atoms with Crippen molar-refractivity contribution >= 4 is 22.7 Å². The van der Waals surface area contributed by atoms with E-state index in [1.165, 1.54) is 0 Å². The molecule has 0 aliphatic heterocycles. The van der Waals surface area contributed by atoms with Crippen LogP contribution in [0.2, 0.25) is 0 Å². The molecule has 0 radical (unpaired) electrons. The topological polar surface area (TPSA) is 106 Å². The van der Waals surface area contributed by atoms with E-state index in [2.05, 4.69) is 17.2 Å². The number of phenolic OH excluding ortho intramolecular Hbond substituents is 1. The zero-order chi connectivity index (χ0) is 29.4. The molecule has 0 spiro atoms. The van der Waals surface area contributed by atoms with Gasteiger partial charge in [-0.3, -0.25) is 9.59 Å². The molecule has 41 heavy (non-hydrogen) atoms. The van der Waals surface area contributed by atoms with E-state index >= 15 is 0 Å². The van der Waals surface area contributed by atoms with Crippen LogP contribution in [0, 0.1) is 0 Å². The standard InChI is InChI=1S/C34H41N3O4/c1-4-5-21-37(3)33(41)34(20-19-24(2)38,23-25-11-7-6-8-12-25)36-31(40)22-29-28-13-9-10-14-30(28)35-32(29)26-15-17-27(39)18-16-26/h6-18,24,35,38-39H,4-5,19-23H2,1-3H3,(H,36,40). The number of nitrogens with one attached hydrogen (secondary N) is 2. The van der Waals surface area contributed by atoms with E-state index in [4.69, 9.17) is 0 Å². The summed E-state index contributed by atoms with van der Waals surface area (Å²) in [4.78, 5) is 33.3. The smallest absolute Gasteiger partial charge is 0.248 e. The number of fused-ring (bicyclic) bond motifs is 1. The number of carbonyl (C=O) groups excluding carboxylic acids is 2. The monoisotopic (exact) mass is 555 g/mol. The SMILES string of the molecule is CCCCN(C)C(=O)C(CCC(C)O)(Cc1ccccc1)NC(=O)Cc1c(-c2ccc(O)cc2)[nH]c2ccccc12. The summed E-state index contributed by atoms with van der Waals surface area (Å²) in [5, 5.41) is 24.2. The van der Waals surface area contributed by atoms with E-state index in [1.807, 2.05) is 66.7 Å². The molecule has 1 heterocycles. The van der Waals surface area contributed by atoms with E-state index in [0.29, 0.717) is 25.8 Å². The summed E-state index contributed by atoms with van der Waals surface area (Å²) in [5.74, 6) is -0.256. The molecule has 4 rings (SSSR count). The van der Waals surface area contributed by atoms with E-state index in [-0.39, 0.29) is 24.0 Å². The molecule has 7 heteroatoms. The fraction of sp³-hybridized carbons (Fsp3) is 0.353. The van der Waals surface area contributed by atoms with Crippen LogP contribution in [-0.2, 0) is 22.4 Å². The molecule has 0 saturated heterocycles. The minimum atomic E-state index is -1.22. The molecule has 4 aromatic rings. The summed E-state index contributed by atoms with van der Waals surface area (Å²) >= 11 is 0. The molecular weight excluding hydrogens is 514 g/mol. The third-order valence-electron chi connectivity index (χ3n) is 7.63. The van der Waals surface area contributed by atoms with Gasteiger partial charge < -0.3 is 25.4 Å². The third kappa shape index (κ3) is 7.35. The van der Waals surface area contributed by atoms with Gasteiger partial charge in [0.1, 0.15) is 11.3 Å². The number of aliphatic hydroxyl groups excluding tert-OH is 1. The van der Waals surface area contributed by atoms with Crippen LogP contribution < -0.4 is 5.32 Å². The Morgan fingerprint density at radius 3 is 2.37 bits per heavy atom. The lowest BCUT2D eigenvalue weighted by molar-refractivity contribution is -0.141. The molecule has 2 amide bonds. The van der Waals surface area contributed by atoms with Gasteiger partial charge in [-0.1, -0.05) is 61.9 Å². The van der Waals surface area contributed by atoms with Crippen molar-refractivity contribution in [2.45, 2.75) is 64.0 Å². The number of phenols is 1. The second kappa shape index (κ2) is 13.5. The average molecular weight is 556 g/mol. The van der Waals surface area contributed by atoms with Crippen LogP contribution in [0.1, 0.15) is 50.7 Å². The molecule has 2 atom stereocenters. The summed E-state index contributed by atoms with van der Waals surface area (Å²) in [6.07, 6.45) is 2.23. The molecule has 0 aliphatic rings. The Bertz CT molecular complexity index is 1450. The zero-order valence-electron chi connectivity index (χ0n) is 24.2. The minimum absolute atomic E-state index is 0.0530. The molecule has 1 aromatic heterocycles. The van der Waals surface area contributed by atoms with Crippen molar-refractivity contribution in [1.29, 1.82) is 0 Å². The van der Waals surface area contributed by atoms with Crippen molar-refractivity contribution < 1.29 is 19.8 Å². The van der Waals surface area contributed by atoms with Crippen LogP contribution in [0.15, 0.2) is 78.9 Å². The Morgan fingerprint density at radius 1 is 1.00 bits per heavy atom. The van der Waals surface area contributed by atoms with Crippen LogP contribution in [0.3, 0.4) is 0 Å². The van der Waals surface area contributed by atoms with Crippen molar-refractivity contribution in [2.75, 3.05) is 13.6 Å². The van der Waals surface area contributed by atoms with Gasteiger partial charge >= 0.3 is 0 Å². The van der Waals surface area contributed by atoms with Gasteiger partial charge in [0.05, 0.1) is 18.2 Å². The van der Waals surface area contributed by atoms with Gasteiger partial charge in [-0.15, -0.1) is 0 Å². The van der Waals surface area contributed by atoms with Crippen molar-refractivity contribution in [1.82, 2.24) is 15.2 Å². The number of hydrogen-bond donors (Lipinski definition) is 4. The molecule has 3 aromatic carbocycles. The highest BCUT2D eigenvalue weighted by molar-refractivity contribution is 5.97. The largest absolute Gasteiger partial charge is 0.508 e. The Balaban J connectivity index is 1.73. The summed E-state index contributed by atoms with van der Waals surface area (Å²) in [6, 6.07) is 24.4. The highest BCUT2D eigenvalue weighted by Crippen LogP contribution is 2.32. The Hall–Kier alpha value is -4.10. The van der Waals surface area contributed by atoms with Crippen LogP contribution in [0.4, 0.5) is 0 Å². The number of carbonyl (C=O) groups is 2. The minimum Gasteiger partial charge on any atom is -0.508 e. The lowest BCUT2D eigenvalue weighted by Gasteiger charge is -2.37. The van der Waals surface area contributed by atoms with Gasteiger partial charge in [0.15, 0.2) is 0 Å². The number of aromatic amines is 1. The normalized spacial score (nSPS) is 13.5. The molecular formula is C34H41N3O4. The number of nitrogens with zero attached hydrogens (tertiary/aromatic N) is 1. The number of H-pyrrole nitrogens is 1. The van der Waals surface area contributed by atoms with Crippen LogP contribution in [-0.4, -0.2) is 57.1 Å². The third-order valence-corrected chi connectivity index (χ3v) is 7.63. The summed E-state index contributed by atoms with van der Waals surface area (Å²) in [7, 11) is 1.79. The van der Waals surface area contributed by atoms with Crippen LogP contribution >= 0.6 is 0 Å². The second-order valence-electron chi connectivity index (χ2n) is 11.0. The zero-order valence-corrected chi connectivity index (χ0v) is 24.2. The molecule has 216 valence electrons. The number of para-hydroxylation sites is 1. The van der Waals surface area contributed by atoms with Crippen molar-refractivity contribution in [3.8, 4) is 17.0 Å². The number of unbranched alkanes of at least 4 members (excludes halogenated alkanes) is 1. The maximum Gasteiger partial charge on any atom is 0.248 e. The lowest BCUT2D eigenvalue weighted by atomic mass is 9.83. The van der Waals surface area contributed by atoms with Crippen molar-refractivity contribution in [3.63, 3.8) is 0 Å². The molecule has 0 saturated carbocycles. The number of likely N-dealkylation sites (N-methyl/N-ethyl adjacent to an activating group) is 1. The first-order valence-electron chi connectivity index (χ1n) is 14.4. The maximum absolute atomic E-state index is 14.2. The molecule has 0 bridgehead atoms. The van der Waals surface area contributed by atoms with Crippen LogP contribution in [0.5, 0.6) is 5.75 Å². The van der Waals surface area contributed by atoms with E-state index in [9.17, 15) is 19.8 Å². The van der Waals surface area contributed by atoms with Crippen LogP contribution in [0.25, 0.3) is 22.2 Å². The number of hydrogen-bond acceptors (Lipinski definition) is 4. The fourth-order valence-electron chi connectivity index (χ4n) is 5.42. The Kier molecular flexibility index (Phi) is 9.84. The van der Waals surface area contributed by atoms with Crippen molar-refractivity contribution in [3.05, 3.63) is 90.0 Å². The van der Waals surface area contributed by atoms with Gasteiger partial charge in [0.25, 0.3) is 0 Å². The van der Waals surface area contributed by atoms with Gasteiger partial charge in [0.2, 0.25) is 11.8 Å². The van der Waals surface area contributed by atoms with E-state index < -0.39 is 11.6 Å². The second-order valence-corrected chi connectivity index (χ2v) is 11.0. The molecule has 0 aliphatic carbocycles. The number of benzene rings is 3. The van der Waals surface area contributed by atoms with E-state index in [0.717, 1.165) is 46.1 Å². The van der Waals surface area contributed by atoms with E-state index in [1.54, 1.807) is 31.0 Å². The molecule has 4 N–H and O–H groups in total. The summed E-state index contributed by atoms with van der Waals surface area (Å²) < 4.78 is 0. The fourth-order valence-corrected chi connectivity index (χ4v) is 5.42. The molecule has 0 fully saturated rings. The molecule has 7 nitrogen and oxygen atoms in total. The maximum atomic E-state index is 14.2. The van der Waals surface area contributed by atoms with Gasteiger partial charge in [-0.2, -0.15) is 0 Å². The quantitative estimate of drug-likeness (QED) is 0.172. The first-order chi connectivity index (χ1) is 19.7.